The van der Waals surface area contributed by atoms with Crippen LogP contribution in [0.4, 0.5) is 0 Å². The molecule has 2 aliphatic rings. The molecule has 0 aromatic carbocycles. The van der Waals surface area contributed by atoms with E-state index in [2.05, 4.69) is 5.32 Å². The van der Waals surface area contributed by atoms with Crippen molar-refractivity contribution in [3.8, 4) is 0 Å². The molecule has 0 radical (unpaired) electrons. The maximum absolute atomic E-state index is 11.2. The van der Waals surface area contributed by atoms with Crippen molar-refractivity contribution in [1.29, 1.82) is 0 Å². The zero-order valence-corrected chi connectivity index (χ0v) is 7.58. The minimum Gasteiger partial charge on any atom is -0.393 e. The van der Waals surface area contributed by atoms with Crippen molar-refractivity contribution < 1.29 is 14.6 Å². The van der Waals surface area contributed by atoms with Crippen LogP contribution in [0.3, 0.4) is 0 Å². The molecule has 0 aromatic rings. The van der Waals surface area contributed by atoms with Crippen LogP contribution in [0.15, 0.2) is 0 Å². The topological polar surface area (TPSA) is 58.6 Å². The van der Waals surface area contributed by atoms with Gasteiger partial charge in [-0.25, -0.2) is 0 Å². The first-order valence-electron chi connectivity index (χ1n) is 4.77. The van der Waals surface area contributed by atoms with Crippen molar-refractivity contribution in [2.24, 2.45) is 0 Å². The van der Waals surface area contributed by atoms with E-state index in [4.69, 9.17) is 4.74 Å². The smallest absolute Gasteiger partial charge is 0.223 e. The molecular formula is C9H15NO3. The highest BCUT2D eigenvalue weighted by Gasteiger charge is 2.39. The van der Waals surface area contributed by atoms with E-state index >= 15 is 0 Å². The van der Waals surface area contributed by atoms with E-state index in [9.17, 15) is 9.90 Å². The summed E-state index contributed by atoms with van der Waals surface area (Å²) in [5.74, 6) is -0.0272. The second kappa shape index (κ2) is 3.27. The van der Waals surface area contributed by atoms with E-state index in [1.807, 2.05) is 0 Å². The Morgan fingerprint density at radius 3 is 2.77 bits per heavy atom. The monoisotopic (exact) mass is 185 g/mol. The Morgan fingerprint density at radius 2 is 2.15 bits per heavy atom. The third kappa shape index (κ3) is 1.84. The van der Waals surface area contributed by atoms with Crippen LogP contribution in [-0.2, 0) is 9.53 Å². The Morgan fingerprint density at radius 1 is 1.46 bits per heavy atom. The number of piperidine rings is 1. The number of carbonyl (C=O) groups is 1. The van der Waals surface area contributed by atoms with E-state index < -0.39 is 6.10 Å². The summed E-state index contributed by atoms with van der Waals surface area (Å²) in [6, 6.07) is 0. The molecule has 74 valence electrons. The Labute approximate surface area is 77.3 Å². The third-order valence-electron chi connectivity index (χ3n) is 2.90. The van der Waals surface area contributed by atoms with E-state index in [0.717, 1.165) is 12.8 Å². The SMILES string of the molecule is O=C1C[C@H](O)CC2(CCOCC2)N1. The zero-order valence-electron chi connectivity index (χ0n) is 7.58. The van der Waals surface area contributed by atoms with Crippen molar-refractivity contribution in [1.82, 2.24) is 5.32 Å². The fourth-order valence-electron chi connectivity index (χ4n) is 2.23. The molecule has 2 heterocycles. The molecule has 2 fully saturated rings. The standard InChI is InChI=1S/C9H15NO3/c11-7-5-8(12)10-9(6-7)1-3-13-4-2-9/h7,11H,1-6H2,(H,10,12)/t7-/m0/s1. The van der Waals surface area contributed by atoms with Crippen LogP contribution in [0.5, 0.6) is 0 Å². The lowest BCUT2D eigenvalue weighted by Gasteiger charge is -2.42. The molecule has 1 atom stereocenters. The predicted molar refractivity (Wildman–Crippen MR) is 46.2 cm³/mol. The summed E-state index contributed by atoms with van der Waals surface area (Å²) in [6.45, 7) is 1.38. The van der Waals surface area contributed by atoms with Crippen LogP contribution in [-0.4, -0.2) is 35.9 Å². The highest BCUT2D eigenvalue weighted by atomic mass is 16.5. The van der Waals surface area contributed by atoms with Gasteiger partial charge in [-0.15, -0.1) is 0 Å². The number of nitrogens with one attached hydrogen (secondary N) is 1. The van der Waals surface area contributed by atoms with Crippen molar-refractivity contribution >= 4 is 5.91 Å². The van der Waals surface area contributed by atoms with Gasteiger partial charge in [0.15, 0.2) is 0 Å². The lowest BCUT2D eigenvalue weighted by Crippen LogP contribution is -2.57. The van der Waals surface area contributed by atoms with Gasteiger partial charge in [0, 0.05) is 18.8 Å². The molecule has 1 spiro atoms. The number of amides is 1. The van der Waals surface area contributed by atoms with Crippen LogP contribution >= 0.6 is 0 Å². The summed E-state index contributed by atoms with van der Waals surface area (Å²) in [7, 11) is 0. The normalized spacial score (nSPS) is 33.0. The maximum Gasteiger partial charge on any atom is 0.223 e. The number of hydrogen-bond donors (Lipinski definition) is 2. The van der Waals surface area contributed by atoms with Crippen molar-refractivity contribution in [3.63, 3.8) is 0 Å². The molecule has 0 saturated carbocycles. The first-order valence-corrected chi connectivity index (χ1v) is 4.77. The van der Waals surface area contributed by atoms with Gasteiger partial charge in [0.2, 0.25) is 5.91 Å². The van der Waals surface area contributed by atoms with Gasteiger partial charge in [-0.3, -0.25) is 4.79 Å². The molecule has 0 aromatic heterocycles. The molecule has 2 rings (SSSR count). The molecule has 1 amide bonds. The summed E-state index contributed by atoms with van der Waals surface area (Å²) in [4.78, 5) is 11.2. The third-order valence-corrected chi connectivity index (χ3v) is 2.90. The molecule has 0 aliphatic carbocycles. The minimum absolute atomic E-state index is 0.0272. The number of rotatable bonds is 0. The van der Waals surface area contributed by atoms with Crippen molar-refractivity contribution in [3.05, 3.63) is 0 Å². The van der Waals surface area contributed by atoms with Gasteiger partial charge in [-0.1, -0.05) is 0 Å². The summed E-state index contributed by atoms with van der Waals surface area (Å²) in [5.41, 5.74) is -0.174. The second-order valence-electron chi connectivity index (χ2n) is 4.00. The van der Waals surface area contributed by atoms with E-state index in [-0.39, 0.29) is 17.9 Å². The van der Waals surface area contributed by atoms with Crippen LogP contribution < -0.4 is 5.32 Å². The molecule has 0 bridgehead atoms. The van der Waals surface area contributed by atoms with E-state index in [0.29, 0.717) is 19.6 Å². The molecule has 0 unspecified atom stereocenters. The van der Waals surface area contributed by atoms with Crippen LogP contribution in [0.25, 0.3) is 0 Å². The average molecular weight is 185 g/mol. The van der Waals surface area contributed by atoms with Gasteiger partial charge < -0.3 is 15.2 Å². The molecule has 2 saturated heterocycles. The Hall–Kier alpha value is -0.610. The molecule has 2 aliphatic heterocycles. The molecular weight excluding hydrogens is 170 g/mol. The summed E-state index contributed by atoms with van der Waals surface area (Å²) in [6.07, 6.45) is 2.13. The van der Waals surface area contributed by atoms with E-state index in [1.165, 1.54) is 0 Å². The fourth-order valence-corrected chi connectivity index (χ4v) is 2.23. The molecule has 4 heteroatoms. The Kier molecular flexibility index (Phi) is 2.26. The molecule has 13 heavy (non-hydrogen) atoms. The lowest BCUT2D eigenvalue weighted by atomic mass is 9.81. The van der Waals surface area contributed by atoms with Gasteiger partial charge in [-0.2, -0.15) is 0 Å². The quantitative estimate of drug-likeness (QED) is 0.550. The van der Waals surface area contributed by atoms with Gasteiger partial charge in [0.1, 0.15) is 0 Å². The van der Waals surface area contributed by atoms with Gasteiger partial charge in [0.05, 0.1) is 12.5 Å². The number of carbonyl (C=O) groups excluding carboxylic acids is 1. The summed E-state index contributed by atoms with van der Waals surface area (Å²) >= 11 is 0. The Bertz CT molecular complexity index is 211. The van der Waals surface area contributed by atoms with Gasteiger partial charge >= 0.3 is 0 Å². The highest BCUT2D eigenvalue weighted by Crippen LogP contribution is 2.29. The summed E-state index contributed by atoms with van der Waals surface area (Å²) < 4.78 is 5.23. The first kappa shape index (κ1) is 8.97. The Balaban J connectivity index is 2.06. The van der Waals surface area contributed by atoms with Crippen molar-refractivity contribution in [2.45, 2.75) is 37.3 Å². The van der Waals surface area contributed by atoms with Crippen molar-refractivity contribution in [2.75, 3.05) is 13.2 Å². The van der Waals surface area contributed by atoms with Crippen LogP contribution in [0.1, 0.15) is 25.7 Å². The lowest BCUT2D eigenvalue weighted by molar-refractivity contribution is -0.131. The van der Waals surface area contributed by atoms with Gasteiger partial charge in [0.25, 0.3) is 0 Å². The summed E-state index contributed by atoms with van der Waals surface area (Å²) in [5, 5.41) is 12.5. The fraction of sp³-hybridized carbons (Fsp3) is 0.889. The molecule has 2 N–H and O–H groups in total. The highest BCUT2D eigenvalue weighted by molar-refractivity contribution is 5.78. The number of ether oxygens (including phenoxy) is 1. The zero-order chi connectivity index (χ0) is 9.31. The van der Waals surface area contributed by atoms with E-state index in [1.54, 1.807) is 0 Å². The predicted octanol–water partition coefficient (Wildman–Crippen LogP) is -0.193. The number of aliphatic hydroxyl groups is 1. The average Bonchev–Trinajstić information content (AvgIpc) is 2.02. The van der Waals surface area contributed by atoms with Gasteiger partial charge in [-0.05, 0) is 19.3 Å². The maximum atomic E-state index is 11.2. The minimum atomic E-state index is -0.466. The largest absolute Gasteiger partial charge is 0.393 e. The van der Waals surface area contributed by atoms with Crippen LogP contribution in [0, 0.1) is 0 Å². The molecule has 4 nitrogen and oxygen atoms in total. The second-order valence-corrected chi connectivity index (χ2v) is 4.00. The number of hydrogen-bond acceptors (Lipinski definition) is 3. The first-order chi connectivity index (χ1) is 6.20. The van der Waals surface area contributed by atoms with Crippen LogP contribution in [0.2, 0.25) is 0 Å². The number of aliphatic hydroxyl groups excluding tert-OH is 1.